The van der Waals surface area contributed by atoms with Gasteiger partial charge >= 0.3 is 0 Å². The van der Waals surface area contributed by atoms with E-state index in [2.05, 4.69) is 10.3 Å². The predicted molar refractivity (Wildman–Crippen MR) is 71.9 cm³/mol. The van der Waals surface area contributed by atoms with Crippen molar-refractivity contribution >= 4 is 22.7 Å². The predicted octanol–water partition coefficient (Wildman–Crippen LogP) is 3.67. The van der Waals surface area contributed by atoms with Crippen LogP contribution in [0, 0.1) is 22.9 Å². The van der Waals surface area contributed by atoms with Crippen LogP contribution in [0.3, 0.4) is 0 Å². The maximum Gasteiger partial charge on any atom is 0.295 e. The molecule has 0 amide bonds. The van der Waals surface area contributed by atoms with E-state index in [4.69, 9.17) is 0 Å². The van der Waals surface area contributed by atoms with E-state index in [1.807, 2.05) is 13.8 Å². The molecule has 1 N–H and O–H groups in total. The number of nitrogens with zero attached hydrogens (tertiary/aromatic N) is 2. The van der Waals surface area contributed by atoms with Gasteiger partial charge in [-0.3, -0.25) is 10.1 Å². The average Bonchev–Trinajstić information content (AvgIpc) is 2.77. The number of hydrogen-bond donors (Lipinski definition) is 1. The first-order valence-electron chi connectivity index (χ1n) is 5.59. The van der Waals surface area contributed by atoms with Gasteiger partial charge in [0.25, 0.3) is 5.69 Å². The smallest absolute Gasteiger partial charge is 0.295 e. The second kappa shape index (κ2) is 5.31. The molecule has 2 rings (SSSR count). The van der Waals surface area contributed by atoms with Crippen molar-refractivity contribution in [1.29, 1.82) is 0 Å². The Morgan fingerprint density at radius 2 is 2.26 bits per heavy atom. The van der Waals surface area contributed by atoms with E-state index in [0.717, 1.165) is 16.6 Å². The highest BCUT2D eigenvalue weighted by Crippen LogP contribution is 2.30. The number of aromatic nitrogens is 1. The first kappa shape index (κ1) is 13.4. The van der Waals surface area contributed by atoms with Crippen LogP contribution in [-0.2, 0) is 0 Å². The molecule has 1 aromatic carbocycles. The van der Waals surface area contributed by atoms with Gasteiger partial charge in [-0.15, -0.1) is 11.3 Å². The summed E-state index contributed by atoms with van der Waals surface area (Å²) in [6, 6.07) is 3.35. The average molecular weight is 281 g/mol. The molecule has 0 saturated heterocycles. The van der Waals surface area contributed by atoms with E-state index in [9.17, 15) is 14.5 Å². The highest BCUT2D eigenvalue weighted by Gasteiger charge is 2.18. The van der Waals surface area contributed by atoms with Gasteiger partial charge in [-0.05, 0) is 26.0 Å². The maximum atomic E-state index is 13.0. The fraction of sp³-hybridized carbons (Fsp3) is 0.250. The highest BCUT2D eigenvalue weighted by atomic mass is 32.1. The quantitative estimate of drug-likeness (QED) is 0.685. The molecule has 1 aromatic heterocycles. The van der Waals surface area contributed by atoms with Gasteiger partial charge in [-0.25, -0.2) is 9.37 Å². The van der Waals surface area contributed by atoms with E-state index in [0.29, 0.717) is 5.69 Å². The van der Waals surface area contributed by atoms with Crippen LogP contribution < -0.4 is 5.32 Å². The Morgan fingerprint density at radius 3 is 2.84 bits per heavy atom. The number of anilines is 1. The lowest BCUT2D eigenvalue weighted by Gasteiger charge is -2.14. The minimum Gasteiger partial charge on any atom is -0.372 e. The Labute approximate surface area is 113 Å². The van der Waals surface area contributed by atoms with E-state index in [-0.39, 0.29) is 11.7 Å². The summed E-state index contributed by atoms with van der Waals surface area (Å²) >= 11 is 1.48. The molecule has 1 heterocycles. The fourth-order valence-electron chi connectivity index (χ4n) is 1.80. The Balaban J connectivity index is 2.29. The molecule has 0 aliphatic carbocycles. The number of nitrogens with one attached hydrogen (secondary N) is 1. The van der Waals surface area contributed by atoms with Gasteiger partial charge in [-0.1, -0.05) is 0 Å². The van der Waals surface area contributed by atoms with Crippen LogP contribution in [0.4, 0.5) is 15.8 Å². The summed E-state index contributed by atoms with van der Waals surface area (Å²) in [6.07, 6.45) is 0. The summed E-state index contributed by atoms with van der Waals surface area (Å²) in [5.41, 5.74) is 2.64. The van der Waals surface area contributed by atoms with Crippen molar-refractivity contribution in [2.45, 2.75) is 19.9 Å². The molecule has 7 heteroatoms. The Bertz CT molecular complexity index is 615. The van der Waals surface area contributed by atoms with Gasteiger partial charge in [0.2, 0.25) is 0 Å². The van der Waals surface area contributed by atoms with Gasteiger partial charge in [-0.2, -0.15) is 0 Å². The van der Waals surface area contributed by atoms with E-state index >= 15 is 0 Å². The topological polar surface area (TPSA) is 68.1 Å². The molecule has 0 saturated carbocycles. The summed E-state index contributed by atoms with van der Waals surface area (Å²) < 4.78 is 13.0. The molecule has 100 valence electrons. The van der Waals surface area contributed by atoms with Crippen LogP contribution in [0.25, 0.3) is 0 Å². The molecule has 0 radical (unpaired) electrons. The minimum absolute atomic E-state index is 0.128. The van der Waals surface area contributed by atoms with Crippen LogP contribution in [0.15, 0.2) is 23.7 Å². The van der Waals surface area contributed by atoms with E-state index < -0.39 is 10.7 Å². The molecule has 5 nitrogen and oxygen atoms in total. The third kappa shape index (κ3) is 2.87. The van der Waals surface area contributed by atoms with Crippen molar-refractivity contribution in [3.05, 3.63) is 50.2 Å². The fourth-order valence-corrected chi connectivity index (χ4v) is 2.61. The van der Waals surface area contributed by atoms with Crippen LogP contribution in [0.1, 0.15) is 23.5 Å². The summed E-state index contributed by atoms with van der Waals surface area (Å²) in [4.78, 5) is 15.4. The summed E-state index contributed by atoms with van der Waals surface area (Å²) in [7, 11) is 0. The Kier molecular flexibility index (Phi) is 3.75. The van der Waals surface area contributed by atoms with Crippen molar-refractivity contribution in [3.8, 4) is 0 Å². The molecule has 1 unspecified atom stereocenters. The molecule has 0 fully saturated rings. The standard InChI is InChI=1S/C12H12FN3O2S/c1-7-12(19-6-14-7)8(2)15-10-4-3-9(13)5-11(10)16(17)18/h3-6,8,15H,1-2H3. The molecular weight excluding hydrogens is 269 g/mol. The Morgan fingerprint density at radius 1 is 1.53 bits per heavy atom. The van der Waals surface area contributed by atoms with Crippen molar-refractivity contribution in [2.24, 2.45) is 0 Å². The lowest BCUT2D eigenvalue weighted by Crippen LogP contribution is -2.08. The monoisotopic (exact) mass is 281 g/mol. The molecular formula is C12H12FN3O2S. The molecule has 0 bridgehead atoms. The molecule has 0 aliphatic rings. The normalized spacial score (nSPS) is 12.2. The molecule has 0 aliphatic heterocycles. The van der Waals surface area contributed by atoms with Crippen LogP contribution in [0.2, 0.25) is 0 Å². The number of hydrogen-bond acceptors (Lipinski definition) is 5. The Hall–Kier alpha value is -2.02. The second-order valence-electron chi connectivity index (χ2n) is 4.09. The van der Waals surface area contributed by atoms with Crippen LogP contribution in [0.5, 0.6) is 0 Å². The zero-order chi connectivity index (χ0) is 14.0. The zero-order valence-electron chi connectivity index (χ0n) is 10.4. The first-order valence-corrected chi connectivity index (χ1v) is 6.47. The number of halogens is 1. The number of nitro benzene ring substituents is 1. The summed E-state index contributed by atoms with van der Waals surface area (Å²) in [6.45, 7) is 3.76. The van der Waals surface area contributed by atoms with Gasteiger partial charge in [0.15, 0.2) is 0 Å². The largest absolute Gasteiger partial charge is 0.372 e. The lowest BCUT2D eigenvalue weighted by atomic mass is 10.2. The minimum atomic E-state index is -0.626. The van der Waals surface area contributed by atoms with Crippen LogP contribution >= 0.6 is 11.3 Å². The van der Waals surface area contributed by atoms with Crippen molar-refractivity contribution in [2.75, 3.05) is 5.32 Å². The molecule has 19 heavy (non-hydrogen) atoms. The third-order valence-electron chi connectivity index (χ3n) is 2.70. The van der Waals surface area contributed by atoms with Crippen LogP contribution in [-0.4, -0.2) is 9.91 Å². The number of thiazole rings is 1. The lowest BCUT2D eigenvalue weighted by molar-refractivity contribution is -0.384. The van der Waals surface area contributed by atoms with Gasteiger partial charge in [0, 0.05) is 4.88 Å². The van der Waals surface area contributed by atoms with Gasteiger partial charge in [0.05, 0.1) is 28.2 Å². The van der Waals surface area contributed by atoms with Crippen molar-refractivity contribution in [1.82, 2.24) is 4.98 Å². The molecule has 2 aromatic rings. The van der Waals surface area contributed by atoms with E-state index in [1.54, 1.807) is 5.51 Å². The number of benzene rings is 1. The third-order valence-corrected chi connectivity index (χ3v) is 3.82. The zero-order valence-corrected chi connectivity index (χ0v) is 11.2. The van der Waals surface area contributed by atoms with Gasteiger partial charge < -0.3 is 5.32 Å². The summed E-state index contributed by atoms with van der Waals surface area (Å²) in [5.74, 6) is -0.626. The van der Waals surface area contributed by atoms with E-state index in [1.165, 1.54) is 23.5 Å². The maximum absolute atomic E-state index is 13.0. The summed E-state index contributed by atoms with van der Waals surface area (Å²) in [5, 5.41) is 13.9. The second-order valence-corrected chi connectivity index (χ2v) is 4.97. The SMILES string of the molecule is Cc1ncsc1C(C)Nc1ccc(F)cc1[N+](=O)[O-]. The van der Waals surface area contributed by atoms with Crippen molar-refractivity contribution in [3.63, 3.8) is 0 Å². The number of rotatable bonds is 4. The van der Waals surface area contributed by atoms with Crippen molar-refractivity contribution < 1.29 is 9.31 Å². The molecule has 1 atom stereocenters. The number of aryl methyl sites for hydroxylation is 1. The highest BCUT2D eigenvalue weighted by molar-refractivity contribution is 7.09. The number of nitro groups is 1. The molecule has 0 spiro atoms. The first-order chi connectivity index (χ1) is 8.99. The van der Waals surface area contributed by atoms with Gasteiger partial charge in [0.1, 0.15) is 11.5 Å².